The average Bonchev–Trinajstić information content (AvgIpc) is 2.80. The van der Waals surface area contributed by atoms with Gasteiger partial charge in [0.1, 0.15) is 24.1 Å². The van der Waals surface area contributed by atoms with Gasteiger partial charge in [-0.2, -0.15) is 0 Å². The van der Waals surface area contributed by atoms with Gasteiger partial charge in [-0.1, -0.05) is 23.7 Å². The molecule has 2 amide bonds. The van der Waals surface area contributed by atoms with Gasteiger partial charge >= 0.3 is 0 Å². The van der Waals surface area contributed by atoms with Gasteiger partial charge in [-0.25, -0.2) is 8.42 Å². The molecule has 2 aromatic carbocycles. The van der Waals surface area contributed by atoms with Crippen LogP contribution in [0.3, 0.4) is 0 Å². The summed E-state index contributed by atoms with van der Waals surface area (Å²) in [6.45, 7) is 3.30. The molecule has 0 saturated carbocycles. The molecule has 0 unspecified atom stereocenters. The van der Waals surface area contributed by atoms with E-state index in [1.807, 2.05) is 0 Å². The minimum atomic E-state index is -3.91. The minimum Gasteiger partial charge on any atom is -0.497 e. The van der Waals surface area contributed by atoms with Crippen molar-refractivity contribution in [2.45, 2.75) is 26.4 Å². The van der Waals surface area contributed by atoms with Crippen LogP contribution in [0.4, 0.5) is 5.69 Å². The number of carbonyl (C=O) groups excluding carboxylic acids is 2. The monoisotopic (exact) mass is 511 g/mol. The maximum atomic E-state index is 13.5. The fourth-order valence-corrected chi connectivity index (χ4v) is 4.25. The molecule has 0 heterocycles. The van der Waals surface area contributed by atoms with Crippen LogP contribution in [0.5, 0.6) is 11.5 Å². The van der Waals surface area contributed by atoms with Crippen molar-refractivity contribution < 1.29 is 27.5 Å². The van der Waals surface area contributed by atoms with Gasteiger partial charge < -0.3 is 19.7 Å². The molecule has 0 aliphatic rings. The summed E-state index contributed by atoms with van der Waals surface area (Å²) in [4.78, 5) is 27.4. The Morgan fingerprint density at radius 2 is 1.74 bits per heavy atom. The van der Waals surface area contributed by atoms with Gasteiger partial charge in [-0.05, 0) is 43.7 Å². The first-order valence-corrected chi connectivity index (χ1v) is 12.8. The predicted molar refractivity (Wildman–Crippen MR) is 132 cm³/mol. The van der Waals surface area contributed by atoms with Crippen molar-refractivity contribution in [3.05, 3.63) is 53.1 Å². The Balaban J connectivity index is 2.47. The normalized spacial score (nSPS) is 11.9. The number of hydrogen-bond donors (Lipinski definition) is 1. The molecular formula is C23H30ClN3O6S. The average molecular weight is 512 g/mol. The highest BCUT2D eigenvalue weighted by atomic mass is 35.5. The van der Waals surface area contributed by atoms with E-state index in [-0.39, 0.29) is 23.9 Å². The Hall–Kier alpha value is -2.98. The Bertz CT molecular complexity index is 1110. The van der Waals surface area contributed by atoms with E-state index >= 15 is 0 Å². The molecule has 1 atom stereocenters. The molecule has 1 N–H and O–H groups in total. The third kappa shape index (κ3) is 7.01. The SMILES string of the molecule is CCNC(=O)[C@@H](C)N(Cc1ccc(Cl)cc1)C(=O)CN(c1cc(OC)ccc1OC)S(C)(=O)=O. The van der Waals surface area contributed by atoms with Crippen molar-refractivity contribution in [1.82, 2.24) is 10.2 Å². The number of hydrogen-bond acceptors (Lipinski definition) is 6. The number of benzene rings is 2. The maximum absolute atomic E-state index is 13.5. The third-order valence-corrected chi connectivity index (χ3v) is 6.50. The second kappa shape index (κ2) is 11.9. The van der Waals surface area contributed by atoms with Crippen LogP contribution >= 0.6 is 11.6 Å². The number of likely N-dealkylation sites (N-methyl/N-ethyl adjacent to an activating group) is 1. The molecule has 0 radical (unpaired) electrons. The van der Waals surface area contributed by atoms with Gasteiger partial charge in [0.05, 0.1) is 26.2 Å². The standard InChI is InChI=1S/C23H30ClN3O6S/c1-6-25-23(29)16(2)26(14-17-7-9-18(24)10-8-17)22(28)15-27(34(5,30)31)20-13-19(32-3)11-12-21(20)33-4/h7-13,16H,6,14-15H2,1-5H3,(H,25,29)/t16-/m1/s1. The summed E-state index contributed by atoms with van der Waals surface area (Å²) in [5.74, 6) is -0.274. The molecule has 34 heavy (non-hydrogen) atoms. The molecule has 0 bridgehead atoms. The highest BCUT2D eigenvalue weighted by molar-refractivity contribution is 7.92. The molecule has 0 spiro atoms. The summed E-state index contributed by atoms with van der Waals surface area (Å²) >= 11 is 5.97. The minimum absolute atomic E-state index is 0.0845. The van der Waals surface area contributed by atoms with Crippen LogP contribution in [-0.2, 0) is 26.2 Å². The fraction of sp³-hybridized carbons (Fsp3) is 0.391. The summed E-state index contributed by atoms with van der Waals surface area (Å²) in [5, 5.41) is 3.24. The Labute approximate surface area is 205 Å². The topological polar surface area (TPSA) is 105 Å². The molecular weight excluding hydrogens is 482 g/mol. The zero-order valence-corrected chi connectivity index (χ0v) is 21.4. The summed E-state index contributed by atoms with van der Waals surface area (Å²) in [5.41, 5.74) is 0.883. The van der Waals surface area contributed by atoms with Crippen LogP contribution in [0, 0.1) is 0 Å². The van der Waals surface area contributed by atoms with Crippen molar-refractivity contribution >= 4 is 39.1 Å². The number of ether oxygens (including phenoxy) is 2. The van der Waals surface area contributed by atoms with Gasteiger partial charge in [0.25, 0.3) is 0 Å². The van der Waals surface area contributed by atoms with E-state index in [9.17, 15) is 18.0 Å². The number of anilines is 1. The van der Waals surface area contributed by atoms with Crippen molar-refractivity contribution in [1.29, 1.82) is 0 Å². The van der Waals surface area contributed by atoms with E-state index in [0.29, 0.717) is 17.3 Å². The quantitative estimate of drug-likeness (QED) is 0.497. The van der Waals surface area contributed by atoms with E-state index < -0.39 is 28.5 Å². The first kappa shape index (κ1) is 27.3. The summed E-state index contributed by atoms with van der Waals surface area (Å²) in [7, 11) is -1.06. The van der Waals surface area contributed by atoms with E-state index in [0.717, 1.165) is 16.1 Å². The summed E-state index contributed by atoms with van der Waals surface area (Å²) < 4.78 is 36.9. The third-order valence-electron chi connectivity index (χ3n) is 5.12. The first-order valence-electron chi connectivity index (χ1n) is 10.5. The number of nitrogens with zero attached hydrogens (tertiary/aromatic N) is 2. The van der Waals surface area contributed by atoms with E-state index in [4.69, 9.17) is 21.1 Å². The van der Waals surface area contributed by atoms with Crippen LogP contribution in [0.1, 0.15) is 19.4 Å². The van der Waals surface area contributed by atoms with Gasteiger partial charge in [-0.3, -0.25) is 13.9 Å². The number of amides is 2. The van der Waals surface area contributed by atoms with Crippen LogP contribution in [0.15, 0.2) is 42.5 Å². The van der Waals surface area contributed by atoms with E-state index in [1.54, 1.807) is 50.2 Å². The Kier molecular flexibility index (Phi) is 9.57. The van der Waals surface area contributed by atoms with Gasteiger partial charge in [0.2, 0.25) is 21.8 Å². The van der Waals surface area contributed by atoms with Gasteiger partial charge in [0.15, 0.2) is 0 Å². The molecule has 11 heteroatoms. The summed E-state index contributed by atoms with van der Waals surface area (Å²) in [6.07, 6.45) is 0.996. The fourth-order valence-electron chi connectivity index (χ4n) is 3.28. The number of sulfonamides is 1. The highest BCUT2D eigenvalue weighted by Gasteiger charge is 2.31. The lowest BCUT2D eigenvalue weighted by molar-refractivity contribution is -0.139. The maximum Gasteiger partial charge on any atom is 0.244 e. The molecule has 0 aliphatic heterocycles. The van der Waals surface area contributed by atoms with Crippen LogP contribution in [-0.4, -0.2) is 64.7 Å². The number of methoxy groups -OCH3 is 2. The largest absolute Gasteiger partial charge is 0.497 e. The molecule has 0 saturated heterocycles. The molecule has 0 aliphatic carbocycles. The van der Waals surface area contributed by atoms with Crippen LogP contribution in [0.2, 0.25) is 5.02 Å². The van der Waals surface area contributed by atoms with Crippen molar-refractivity contribution in [2.24, 2.45) is 0 Å². The number of halogens is 1. The first-order chi connectivity index (χ1) is 16.0. The lowest BCUT2D eigenvalue weighted by Crippen LogP contribution is -2.51. The van der Waals surface area contributed by atoms with E-state index in [1.165, 1.54) is 25.2 Å². The second-order valence-electron chi connectivity index (χ2n) is 7.53. The number of nitrogens with one attached hydrogen (secondary N) is 1. The van der Waals surface area contributed by atoms with Crippen molar-refractivity contribution in [3.8, 4) is 11.5 Å². The van der Waals surface area contributed by atoms with Gasteiger partial charge in [0, 0.05) is 24.2 Å². The summed E-state index contributed by atoms with van der Waals surface area (Å²) in [6, 6.07) is 10.6. The number of carbonyl (C=O) groups is 2. The lowest BCUT2D eigenvalue weighted by Gasteiger charge is -2.31. The second-order valence-corrected chi connectivity index (χ2v) is 9.87. The zero-order chi connectivity index (χ0) is 25.5. The molecule has 2 aromatic rings. The van der Waals surface area contributed by atoms with Gasteiger partial charge in [-0.15, -0.1) is 0 Å². The van der Waals surface area contributed by atoms with Crippen molar-refractivity contribution in [3.63, 3.8) is 0 Å². The smallest absolute Gasteiger partial charge is 0.244 e. The van der Waals surface area contributed by atoms with Crippen LogP contribution in [0.25, 0.3) is 0 Å². The Morgan fingerprint density at radius 3 is 2.26 bits per heavy atom. The molecule has 186 valence electrons. The molecule has 0 aromatic heterocycles. The molecule has 2 rings (SSSR count). The highest BCUT2D eigenvalue weighted by Crippen LogP contribution is 2.34. The zero-order valence-electron chi connectivity index (χ0n) is 19.9. The number of rotatable bonds is 11. The van der Waals surface area contributed by atoms with E-state index in [2.05, 4.69) is 5.32 Å². The predicted octanol–water partition coefficient (Wildman–Crippen LogP) is 2.68. The van der Waals surface area contributed by atoms with Crippen LogP contribution < -0.4 is 19.1 Å². The Morgan fingerprint density at radius 1 is 1.09 bits per heavy atom. The lowest BCUT2D eigenvalue weighted by atomic mass is 10.1. The molecule has 0 fully saturated rings. The van der Waals surface area contributed by atoms with Crippen molar-refractivity contribution in [2.75, 3.05) is 37.9 Å². The molecule has 9 nitrogen and oxygen atoms in total.